The number of fused-ring (bicyclic) bond motifs is 2. The molecule has 4 aromatic rings. The van der Waals surface area contributed by atoms with Gasteiger partial charge in [-0.3, -0.25) is 14.3 Å². The van der Waals surface area contributed by atoms with Gasteiger partial charge in [0.2, 0.25) is 0 Å². The van der Waals surface area contributed by atoms with Gasteiger partial charge in [0.05, 0.1) is 5.52 Å². The molecule has 2 aliphatic heterocycles. The van der Waals surface area contributed by atoms with Gasteiger partial charge in [0.15, 0.2) is 5.65 Å². The van der Waals surface area contributed by atoms with Crippen LogP contribution in [-0.2, 0) is 0 Å². The van der Waals surface area contributed by atoms with Crippen LogP contribution in [0.1, 0.15) is 60.0 Å². The summed E-state index contributed by atoms with van der Waals surface area (Å²) in [6.45, 7) is 2.29. The number of rotatable bonds is 5. The van der Waals surface area contributed by atoms with Crippen LogP contribution < -0.4 is 15.5 Å². The first-order chi connectivity index (χ1) is 18.2. The second-order valence-electron chi connectivity index (χ2n) is 10.6. The molecule has 0 bridgehead atoms. The summed E-state index contributed by atoms with van der Waals surface area (Å²) in [6.07, 6.45) is 8.90. The van der Waals surface area contributed by atoms with Gasteiger partial charge in [0.1, 0.15) is 5.82 Å². The average Bonchev–Trinajstić information content (AvgIpc) is 3.59. The molecule has 1 saturated carbocycles. The Morgan fingerprint density at radius 3 is 2.65 bits per heavy atom. The molecule has 37 heavy (non-hydrogen) atoms. The highest BCUT2D eigenvalue weighted by atomic mass is 16.2. The van der Waals surface area contributed by atoms with E-state index in [2.05, 4.69) is 38.1 Å². The second kappa shape index (κ2) is 8.87. The number of nitrogens with one attached hydrogen (secondary N) is 1. The molecule has 1 N–H and O–H groups in total. The highest BCUT2D eigenvalue weighted by Crippen LogP contribution is 2.45. The maximum absolute atomic E-state index is 13.7. The summed E-state index contributed by atoms with van der Waals surface area (Å²) in [5, 5.41) is 0. The van der Waals surface area contributed by atoms with Crippen LogP contribution in [0.15, 0.2) is 65.7 Å². The third kappa shape index (κ3) is 4.00. The summed E-state index contributed by atoms with van der Waals surface area (Å²) in [5.41, 5.74) is 4.41. The molecule has 0 radical (unpaired) electrons. The first-order valence-corrected chi connectivity index (χ1v) is 13.3. The number of aromatic amines is 1. The zero-order chi connectivity index (χ0) is 24.9. The number of benzene rings is 1. The molecule has 8 heteroatoms. The lowest BCUT2D eigenvalue weighted by Gasteiger charge is -2.33. The highest BCUT2D eigenvalue weighted by Gasteiger charge is 2.36. The van der Waals surface area contributed by atoms with Gasteiger partial charge < -0.3 is 9.80 Å². The van der Waals surface area contributed by atoms with Gasteiger partial charge in [-0.2, -0.15) is 0 Å². The van der Waals surface area contributed by atoms with Crippen molar-refractivity contribution in [3.8, 4) is 0 Å². The zero-order valence-electron chi connectivity index (χ0n) is 20.7. The SMILES string of the molecule is O=C(c1ccnc(N2CCC(n3c(=O)[nH]c4ncccc43)CC2)c1)N1CC(CC2CC2)c2ccccc21. The van der Waals surface area contributed by atoms with Crippen LogP contribution in [0.5, 0.6) is 0 Å². The lowest BCUT2D eigenvalue weighted by atomic mass is 9.96. The van der Waals surface area contributed by atoms with Gasteiger partial charge in [0.25, 0.3) is 5.91 Å². The first-order valence-electron chi connectivity index (χ1n) is 13.3. The van der Waals surface area contributed by atoms with Crippen LogP contribution in [-0.4, -0.2) is 45.1 Å². The summed E-state index contributed by atoms with van der Waals surface area (Å²) < 4.78 is 1.84. The minimum absolute atomic E-state index is 0.0436. The molecule has 1 amide bonds. The second-order valence-corrected chi connectivity index (χ2v) is 10.6. The number of amides is 1. The van der Waals surface area contributed by atoms with Crippen molar-refractivity contribution < 1.29 is 4.79 Å². The molecule has 1 atom stereocenters. The summed E-state index contributed by atoms with van der Waals surface area (Å²) in [6, 6.07) is 16.0. The Balaban J connectivity index is 1.08. The van der Waals surface area contributed by atoms with E-state index in [-0.39, 0.29) is 17.6 Å². The maximum Gasteiger partial charge on any atom is 0.327 e. The standard InChI is InChI=1S/C29H30N6O2/c36-28(34-18-21(16-19-7-8-19)23-4-1-2-5-24(23)34)20-9-13-30-26(17-20)33-14-10-22(11-15-33)35-25-6-3-12-31-27(25)32-29(35)37/h1-6,9,12-13,17,19,21-22H,7-8,10-11,14-16,18H2,(H,31,32,37). The van der Waals surface area contributed by atoms with Crippen LogP contribution in [0.25, 0.3) is 11.2 Å². The van der Waals surface area contributed by atoms with Crippen molar-refractivity contribution in [1.82, 2.24) is 19.5 Å². The normalized spacial score (nSPS) is 19.9. The summed E-state index contributed by atoms with van der Waals surface area (Å²) >= 11 is 0. The number of pyridine rings is 2. The molecule has 3 aliphatic rings. The molecule has 3 aromatic heterocycles. The van der Waals surface area contributed by atoms with Crippen molar-refractivity contribution in [3.05, 3.63) is 82.5 Å². The van der Waals surface area contributed by atoms with E-state index >= 15 is 0 Å². The molecule has 7 rings (SSSR count). The molecular weight excluding hydrogens is 464 g/mol. The number of H-pyrrole nitrogens is 1. The Labute approximate surface area is 215 Å². The zero-order valence-corrected chi connectivity index (χ0v) is 20.7. The minimum atomic E-state index is -0.108. The number of imidazole rings is 1. The number of hydrogen-bond donors (Lipinski definition) is 1. The molecule has 0 spiro atoms. The molecule has 8 nitrogen and oxygen atoms in total. The molecule has 1 aliphatic carbocycles. The van der Waals surface area contributed by atoms with E-state index in [9.17, 15) is 9.59 Å². The predicted octanol–water partition coefficient (Wildman–Crippen LogP) is 4.51. The van der Waals surface area contributed by atoms with Crippen molar-refractivity contribution in [2.45, 2.75) is 44.1 Å². The van der Waals surface area contributed by atoms with E-state index in [1.54, 1.807) is 12.4 Å². The van der Waals surface area contributed by atoms with Crippen LogP contribution in [0.2, 0.25) is 0 Å². The predicted molar refractivity (Wildman–Crippen MR) is 143 cm³/mol. The van der Waals surface area contributed by atoms with Crippen molar-refractivity contribution in [1.29, 1.82) is 0 Å². The molecule has 1 unspecified atom stereocenters. The Kier molecular flexibility index (Phi) is 5.34. The van der Waals surface area contributed by atoms with E-state index in [1.165, 1.54) is 24.8 Å². The monoisotopic (exact) mass is 494 g/mol. The summed E-state index contributed by atoms with van der Waals surface area (Å²) in [5.74, 6) is 2.11. The van der Waals surface area contributed by atoms with Gasteiger partial charge >= 0.3 is 5.69 Å². The number of carbonyl (C=O) groups is 1. The lowest BCUT2D eigenvalue weighted by Crippen LogP contribution is -2.37. The maximum atomic E-state index is 13.7. The number of carbonyl (C=O) groups excluding carboxylic acids is 1. The number of piperidine rings is 1. The molecule has 188 valence electrons. The Bertz CT molecular complexity index is 1530. The topological polar surface area (TPSA) is 87.1 Å². The number of nitrogens with zero attached hydrogens (tertiary/aromatic N) is 5. The van der Waals surface area contributed by atoms with E-state index in [0.717, 1.165) is 55.4 Å². The number of anilines is 2. The molecule has 1 aromatic carbocycles. The summed E-state index contributed by atoms with van der Waals surface area (Å²) in [7, 11) is 0. The third-order valence-electron chi connectivity index (χ3n) is 8.27. The van der Waals surface area contributed by atoms with E-state index < -0.39 is 0 Å². The highest BCUT2D eigenvalue weighted by molar-refractivity contribution is 6.07. The van der Waals surface area contributed by atoms with Crippen molar-refractivity contribution in [2.24, 2.45) is 5.92 Å². The van der Waals surface area contributed by atoms with Crippen LogP contribution in [0.3, 0.4) is 0 Å². The van der Waals surface area contributed by atoms with Gasteiger partial charge in [-0.05, 0) is 61.1 Å². The van der Waals surface area contributed by atoms with E-state index in [4.69, 9.17) is 0 Å². The smallest absolute Gasteiger partial charge is 0.327 e. The molecule has 1 saturated heterocycles. The van der Waals surface area contributed by atoms with Crippen molar-refractivity contribution in [3.63, 3.8) is 0 Å². The van der Waals surface area contributed by atoms with Gasteiger partial charge in [0, 0.05) is 55.2 Å². The third-order valence-corrected chi connectivity index (χ3v) is 8.27. The van der Waals surface area contributed by atoms with Gasteiger partial charge in [-0.25, -0.2) is 14.8 Å². The van der Waals surface area contributed by atoms with Crippen LogP contribution in [0, 0.1) is 5.92 Å². The molecular formula is C29H30N6O2. The Morgan fingerprint density at radius 2 is 1.81 bits per heavy atom. The fourth-order valence-corrected chi connectivity index (χ4v) is 6.20. The van der Waals surface area contributed by atoms with Crippen LogP contribution >= 0.6 is 0 Å². The number of hydrogen-bond acceptors (Lipinski definition) is 5. The van der Waals surface area contributed by atoms with E-state index in [1.807, 2.05) is 39.8 Å². The fraction of sp³-hybridized carbons (Fsp3) is 0.379. The lowest BCUT2D eigenvalue weighted by molar-refractivity contribution is 0.0987. The Hall–Kier alpha value is -3.94. The quantitative estimate of drug-likeness (QED) is 0.441. The first kappa shape index (κ1) is 22.3. The number of aromatic nitrogens is 4. The summed E-state index contributed by atoms with van der Waals surface area (Å²) in [4.78, 5) is 42.2. The van der Waals surface area contributed by atoms with E-state index in [0.29, 0.717) is 17.1 Å². The Morgan fingerprint density at radius 1 is 0.973 bits per heavy atom. The van der Waals surface area contributed by atoms with Gasteiger partial charge in [-0.1, -0.05) is 31.0 Å². The van der Waals surface area contributed by atoms with Gasteiger partial charge in [-0.15, -0.1) is 0 Å². The van der Waals surface area contributed by atoms with Crippen LogP contribution in [0.4, 0.5) is 11.5 Å². The van der Waals surface area contributed by atoms with Crippen molar-refractivity contribution >= 4 is 28.6 Å². The molecule has 5 heterocycles. The number of para-hydroxylation sites is 1. The minimum Gasteiger partial charge on any atom is -0.356 e. The van der Waals surface area contributed by atoms with Crippen molar-refractivity contribution in [2.75, 3.05) is 29.4 Å². The molecule has 2 fully saturated rings. The largest absolute Gasteiger partial charge is 0.356 e. The fourth-order valence-electron chi connectivity index (χ4n) is 6.20. The average molecular weight is 495 g/mol.